The number of amides is 1. The largest absolute Gasteiger partial charge is 0.481 e. The van der Waals surface area contributed by atoms with Gasteiger partial charge < -0.3 is 14.2 Å². The van der Waals surface area contributed by atoms with E-state index in [4.69, 9.17) is 9.26 Å². The first-order chi connectivity index (χ1) is 14.6. The predicted molar refractivity (Wildman–Crippen MR) is 117 cm³/mol. The molecule has 6 nitrogen and oxygen atoms in total. The minimum Gasteiger partial charge on any atom is -0.481 e. The average Bonchev–Trinajstić information content (AvgIpc) is 3.03. The van der Waals surface area contributed by atoms with E-state index in [1.54, 1.807) is 4.90 Å². The summed E-state index contributed by atoms with van der Waals surface area (Å²) in [6, 6.07) is 7.99. The molecular formula is C24H33N3O3. The number of ether oxygens (including phenoxy) is 1. The molecule has 1 saturated heterocycles. The Hall–Kier alpha value is -2.34. The standard InChI is InChI=1S/C24H33N3O3/c1-18-15-21(25-30-18)16-27-22-11-5-10-20(24(22)29-17-23(27)28)9-4-3-7-19-8-6-13-26(2)14-12-19/h5,10-11,15,19H,3-4,6-9,12-14,16-17H2,1-2H3. The van der Waals surface area contributed by atoms with Gasteiger partial charge >= 0.3 is 0 Å². The van der Waals surface area contributed by atoms with Crippen LogP contribution in [0.5, 0.6) is 5.75 Å². The zero-order chi connectivity index (χ0) is 20.9. The van der Waals surface area contributed by atoms with Crippen LogP contribution in [-0.2, 0) is 17.8 Å². The van der Waals surface area contributed by atoms with Crippen LogP contribution in [0.3, 0.4) is 0 Å². The Morgan fingerprint density at radius 1 is 1.20 bits per heavy atom. The fourth-order valence-corrected chi connectivity index (χ4v) is 4.67. The fourth-order valence-electron chi connectivity index (χ4n) is 4.67. The lowest BCUT2D eigenvalue weighted by Crippen LogP contribution is -2.38. The Labute approximate surface area is 179 Å². The molecular weight excluding hydrogens is 378 g/mol. The molecule has 3 heterocycles. The third-order valence-electron chi connectivity index (χ3n) is 6.38. The summed E-state index contributed by atoms with van der Waals surface area (Å²) in [6.45, 7) is 4.83. The molecule has 0 bridgehead atoms. The van der Waals surface area contributed by atoms with Gasteiger partial charge in [-0.1, -0.05) is 30.1 Å². The summed E-state index contributed by atoms with van der Waals surface area (Å²) in [5, 5.41) is 4.04. The molecule has 0 saturated carbocycles. The van der Waals surface area contributed by atoms with Crippen molar-refractivity contribution in [1.82, 2.24) is 10.1 Å². The van der Waals surface area contributed by atoms with Gasteiger partial charge in [-0.2, -0.15) is 0 Å². The number of fused-ring (bicyclic) bond motifs is 1. The van der Waals surface area contributed by atoms with E-state index in [1.165, 1.54) is 50.8 Å². The molecule has 162 valence electrons. The number of nitrogens with zero attached hydrogens (tertiary/aromatic N) is 3. The van der Waals surface area contributed by atoms with Gasteiger partial charge in [0.2, 0.25) is 0 Å². The van der Waals surface area contributed by atoms with Crippen molar-refractivity contribution in [3.8, 4) is 5.75 Å². The number of anilines is 1. The highest BCUT2D eigenvalue weighted by atomic mass is 16.5. The summed E-state index contributed by atoms with van der Waals surface area (Å²) >= 11 is 0. The van der Waals surface area contributed by atoms with E-state index < -0.39 is 0 Å². The Balaban J connectivity index is 1.36. The number of aryl methyl sites for hydroxylation is 2. The highest BCUT2D eigenvalue weighted by Gasteiger charge is 2.28. The van der Waals surface area contributed by atoms with Crippen molar-refractivity contribution < 1.29 is 14.1 Å². The molecule has 2 aliphatic rings. The van der Waals surface area contributed by atoms with Crippen molar-refractivity contribution in [2.45, 2.75) is 58.4 Å². The van der Waals surface area contributed by atoms with Crippen LogP contribution in [-0.4, -0.2) is 42.7 Å². The van der Waals surface area contributed by atoms with Crippen LogP contribution in [0, 0.1) is 12.8 Å². The van der Waals surface area contributed by atoms with Gasteiger partial charge in [0.1, 0.15) is 17.2 Å². The molecule has 1 atom stereocenters. The van der Waals surface area contributed by atoms with Gasteiger partial charge in [-0.25, -0.2) is 0 Å². The van der Waals surface area contributed by atoms with E-state index in [-0.39, 0.29) is 12.5 Å². The molecule has 1 unspecified atom stereocenters. The van der Waals surface area contributed by atoms with E-state index in [0.717, 1.165) is 41.7 Å². The molecule has 0 radical (unpaired) electrons. The number of likely N-dealkylation sites (tertiary alicyclic amines) is 1. The molecule has 1 aromatic carbocycles. The van der Waals surface area contributed by atoms with Gasteiger partial charge in [-0.05, 0) is 76.7 Å². The lowest BCUT2D eigenvalue weighted by atomic mass is 9.93. The second-order valence-corrected chi connectivity index (χ2v) is 8.81. The number of benzene rings is 1. The monoisotopic (exact) mass is 411 g/mol. The molecule has 2 aliphatic heterocycles. The molecule has 1 amide bonds. The first kappa shape index (κ1) is 20.9. The molecule has 6 heteroatoms. The number of hydrogen-bond donors (Lipinski definition) is 0. The van der Waals surface area contributed by atoms with Gasteiger partial charge in [-0.3, -0.25) is 9.69 Å². The first-order valence-electron chi connectivity index (χ1n) is 11.3. The van der Waals surface area contributed by atoms with Crippen molar-refractivity contribution in [2.75, 3.05) is 31.6 Å². The number of aromatic nitrogens is 1. The van der Waals surface area contributed by atoms with Crippen LogP contribution < -0.4 is 9.64 Å². The average molecular weight is 412 g/mol. The lowest BCUT2D eigenvalue weighted by Gasteiger charge is -2.30. The zero-order valence-corrected chi connectivity index (χ0v) is 18.2. The Morgan fingerprint density at radius 2 is 2.10 bits per heavy atom. The maximum Gasteiger partial charge on any atom is 0.265 e. The van der Waals surface area contributed by atoms with Crippen molar-refractivity contribution in [3.05, 3.63) is 41.3 Å². The highest BCUT2D eigenvalue weighted by Crippen LogP contribution is 2.37. The van der Waals surface area contributed by atoms with Crippen molar-refractivity contribution >= 4 is 11.6 Å². The van der Waals surface area contributed by atoms with Crippen LogP contribution in [0.25, 0.3) is 0 Å². The molecule has 1 aromatic heterocycles. The number of hydrogen-bond acceptors (Lipinski definition) is 5. The van der Waals surface area contributed by atoms with E-state index in [2.05, 4.69) is 23.2 Å². The van der Waals surface area contributed by atoms with Crippen molar-refractivity contribution in [1.29, 1.82) is 0 Å². The number of para-hydroxylation sites is 1. The summed E-state index contributed by atoms with van der Waals surface area (Å²) in [6.07, 6.45) is 8.74. The van der Waals surface area contributed by atoms with E-state index in [0.29, 0.717) is 6.54 Å². The van der Waals surface area contributed by atoms with Crippen molar-refractivity contribution in [2.24, 2.45) is 5.92 Å². The summed E-state index contributed by atoms with van der Waals surface area (Å²) in [7, 11) is 2.23. The molecule has 0 spiro atoms. The first-order valence-corrected chi connectivity index (χ1v) is 11.3. The number of carbonyl (C=O) groups excluding carboxylic acids is 1. The fraction of sp³-hybridized carbons (Fsp3) is 0.583. The smallest absolute Gasteiger partial charge is 0.265 e. The van der Waals surface area contributed by atoms with Crippen LogP contribution in [0.1, 0.15) is 55.5 Å². The van der Waals surface area contributed by atoms with Crippen molar-refractivity contribution in [3.63, 3.8) is 0 Å². The summed E-state index contributed by atoms with van der Waals surface area (Å²) in [4.78, 5) is 16.7. The maximum absolute atomic E-state index is 12.5. The van der Waals surface area contributed by atoms with Gasteiger partial charge in [0.25, 0.3) is 5.91 Å². The van der Waals surface area contributed by atoms with Crippen LogP contribution in [0.2, 0.25) is 0 Å². The van der Waals surface area contributed by atoms with Gasteiger partial charge in [-0.15, -0.1) is 0 Å². The molecule has 2 aromatic rings. The quantitative estimate of drug-likeness (QED) is 0.634. The molecule has 0 aliphatic carbocycles. The van der Waals surface area contributed by atoms with Crippen LogP contribution in [0.4, 0.5) is 5.69 Å². The second kappa shape index (κ2) is 9.65. The molecule has 4 rings (SSSR count). The van der Waals surface area contributed by atoms with Gasteiger partial charge in [0.15, 0.2) is 6.61 Å². The second-order valence-electron chi connectivity index (χ2n) is 8.81. The normalized spacial score (nSPS) is 20.0. The van der Waals surface area contributed by atoms with E-state index in [1.807, 2.05) is 25.1 Å². The Morgan fingerprint density at radius 3 is 2.93 bits per heavy atom. The minimum absolute atomic E-state index is 0.0429. The predicted octanol–water partition coefficient (Wildman–Crippen LogP) is 4.35. The van der Waals surface area contributed by atoms with Gasteiger partial charge in [0.05, 0.1) is 12.2 Å². The van der Waals surface area contributed by atoms with Crippen LogP contribution >= 0.6 is 0 Å². The molecule has 1 fully saturated rings. The topological polar surface area (TPSA) is 58.8 Å². The van der Waals surface area contributed by atoms with E-state index in [9.17, 15) is 4.79 Å². The third-order valence-corrected chi connectivity index (χ3v) is 6.38. The number of rotatable bonds is 7. The third kappa shape index (κ3) is 5.04. The van der Waals surface area contributed by atoms with Crippen LogP contribution in [0.15, 0.2) is 28.8 Å². The highest BCUT2D eigenvalue weighted by molar-refractivity contribution is 5.98. The maximum atomic E-state index is 12.5. The SMILES string of the molecule is Cc1cc(CN2C(=O)COc3c(CCCCC4CCCN(C)CC4)cccc32)no1. The van der Waals surface area contributed by atoms with E-state index >= 15 is 0 Å². The minimum atomic E-state index is -0.0429. The zero-order valence-electron chi connectivity index (χ0n) is 18.2. The summed E-state index contributed by atoms with van der Waals surface area (Å²) < 4.78 is 11.0. The molecule has 30 heavy (non-hydrogen) atoms. The Bertz CT molecular complexity index is 863. The summed E-state index contributed by atoms with van der Waals surface area (Å²) in [5.74, 6) is 2.43. The number of carbonyl (C=O) groups is 1. The number of unbranched alkanes of at least 4 members (excludes halogenated alkanes) is 1. The Kier molecular flexibility index (Phi) is 6.72. The lowest BCUT2D eigenvalue weighted by molar-refractivity contribution is -0.121. The summed E-state index contributed by atoms with van der Waals surface area (Å²) in [5.41, 5.74) is 2.80. The van der Waals surface area contributed by atoms with Gasteiger partial charge in [0, 0.05) is 6.07 Å². The molecule has 0 N–H and O–H groups in total.